The third-order valence-electron chi connectivity index (χ3n) is 4.72. The Hall–Kier alpha value is -0.810. The molecule has 1 heterocycles. The van der Waals surface area contributed by atoms with Crippen molar-refractivity contribution in [2.75, 3.05) is 26.2 Å². The zero-order valence-electron chi connectivity index (χ0n) is 14.7. The summed E-state index contributed by atoms with van der Waals surface area (Å²) in [6, 6.07) is 11.3. The van der Waals surface area contributed by atoms with Gasteiger partial charge in [-0.1, -0.05) is 30.3 Å². The average Bonchev–Trinajstić information content (AvgIpc) is 2.84. The van der Waals surface area contributed by atoms with E-state index in [0.29, 0.717) is 31.7 Å². The number of amides is 1. The van der Waals surface area contributed by atoms with Gasteiger partial charge in [-0.25, -0.2) is 0 Å². The predicted molar refractivity (Wildman–Crippen MR) is 105 cm³/mol. The smallest absolute Gasteiger partial charge is 0.236 e. The summed E-state index contributed by atoms with van der Waals surface area (Å²) in [7, 11) is 0. The molecule has 0 bridgehead atoms. The summed E-state index contributed by atoms with van der Waals surface area (Å²) in [5.74, 6) is 0.210. The molecule has 1 saturated heterocycles. The number of likely N-dealkylation sites (tertiary alicyclic amines) is 1. The van der Waals surface area contributed by atoms with Crippen molar-refractivity contribution in [3.8, 4) is 0 Å². The first kappa shape index (κ1) is 23.2. The SMILES string of the molecule is CC1CCC(C)N1CC(=O)N(CCN)CCc1ccccc1.Cl.Cl. The standard InChI is InChI=1S/C18H29N3O.2ClH/c1-15-8-9-16(2)21(15)14-18(22)20(13-11-19)12-10-17-6-4-3-5-7-17;;/h3-7,15-16H,8-14,19H2,1-2H3;2*1H. The van der Waals surface area contributed by atoms with E-state index in [2.05, 4.69) is 30.9 Å². The molecule has 2 unspecified atom stereocenters. The van der Waals surface area contributed by atoms with Crippen molar-refractivity contribution in [1.82, 2.24) is 9.80 Å². The summed E-state index contributed by atoms with van der Waals surface area (Å²) in [5.41, 5.74) is 6.96. The number of hydrogen-bond donors (Lipinski definition) is 1. The highest BCUT2D eigenvalue weighted by molar-refractivity contribution is 5.85. The molecule has 4 nitrogen and oxygen atoms in total. The van der Waals surface area contributed by atoms with Crippen LogP contribution >= 0.6 is 24.8 Å². The number of carbonyl (C=O) groups is 1. The molecule has 1 aromatic rings. The van der Waals surface area contributed by atoms with Crippen LogP contribution in [0.1, 0.15) is 32.3 Å². The fraction of sp³-hybridized carbons (Fsp3) is 0.611. The minimum absolute atomic E-state index is 0. The van der Waals surface area contributed by atoms with Gasteiger partial charge in [-0.3, -0.25) is 9.69 Å². The Morgan fingerprint density at radius 1 is 1.12 bits per heavy atom. The molecule has 1 aliphatic rings. The van der Waals surface area contributed by atoms with Gasteiger partial charge in [0.1, 0.15) is 0 Å². The lowest BCUT2D eigenvalue weighted by Crippen LogP contribution is -2.46. The molecule has 2 N–H and O–H groups in total. The molecule has 1 aliphatic heterocycles. The van der Waals surface area contributed by atoms with Crippen LogP contribution in [-0.4, -0.2) is 54.0 Å². The van der Waals surface area contributed by atoms with E-state index in [0.717, 1.165) is 13.0 Å². The highest BCUT2D eigenvalue weighted by atomic mass is 35.5. The van der Waals surface area contributed by atoms with E-state index in [1.165, 1.54) is 18.4 Å². The molecule has 1 amide bonds. The van der Waals surface area contributed by atoms with Crippen molar-refractivity contribution in [2.24, 2.45) is 5.73 Å². The molecular formula is C18H31Cl2N3O. The van der Waals surface area contributed by atoms with Gasteiger partial charge in [-0.2, -0.15) is 0 Å². The summed E-state index contributed by atoms with van der Waals surface area (Å²) < 4.78 is 0. The van der Waals surface area contributed by atoms with E-state index in [1.807, 2.05) is 23.1 Å². The third-order valence-corrected chi connectivity index (χ3v) is 4.72. The Bertz CT molecular complexity index is 463. The molecule has 2 rings (SSSR count). The molecule has 1 fully saturated rings. The minimum Gasteiger partial charge on any atom is -0.340 e. The first-order valence-electron chi connectivity index (χ1n) is 8.39. The average molecular weight is 376 g/mol. The van der Waals surface area contributed by atoms with Gasteiger partial charge in [0, 0.05) is 31.7 Å². The molecule has 1 aromatic carbocycles. The van der Waals surface area contributed by atoms with Crippen LogP contribution in [0, 0.1) is 0 Å². The first-order valence-corrected chi connectivity index (χ1v) is 8.39. The van der Waals surface area contributed by atoms with Crippen molar-refractivity contribution in [3.63, 3.8) is 0 Å². The van der Waals surface area contributed by atoms with Crippen LogP contribution < -0.4 is 5.73 Å². The van der Waals surface area contributed by atoms with Gasteiger partial charge in [0.25, 0.3) is 0 Å². The topological polar surface area (TPSA) is 49.6 Å². The van der Waals surface area contributed by atoms with Gasteiger partial charge < -0.3 is 10.6 Å². The number of rotatable bonds is 7. The Morgan fingerprint density at radius 3 is 2.25 bits per heavy atom. The number of benzene rings is 1. The molecule has 0 aromatic heterocycles. The van der Waals surface area contributed by atoms with Crippen molar-refractivity contribution in [2.45, 2.75) is 45.2 Å². The van der Waals surface area contributed by atoms with E-state index in [9.17, 15) is 4.79 Å². The van der Waals surface area contributed by atoms with Gasteiger partial charge in [-0.15, -0.1) is 24.8 Å². The Labute approximate surface area is 158 Å². The summed E-state index contributed by atoms with van der Waals surface area (Å²) in [6.07, 6.45) is 3.27. The van der Waals surface area contributed by atoms with E-state index >= 15 is 0 Å². The summed E-state index contributed by atoms with van der Waals surface area (Å²) >= 11 is 0. The highest BCUT2D eigenvalue weighted by Crippen LogP contribution is 2.23. The van der Waals surface area contributed by atoms with E-state index in [1.54, 1.807) is 0 Å². The summed E-state index contributed by atoms with van der Waals surface area (Å²) in [5, 5.41) is 0. The molecule has 0 aliphatic carbocycles. The molecule has 24 heavy (non-hydrogen) atoms. The van der Waals surface area contributed by atoms with Crippen LogP contribution in [0.4, 0.5) is 0 Å². The lowest BCUT2D eigenvalue weighted by Gasteiger charge is -2.29. The van der Waals surface area contributed by atoms with Crippen LogP contribution in [0.5, 0.6) is 0 Å². The predicted octanol–water partition coefficient (Wildman–Crippen LogP) is 2.73. The van der Waals surface area contributed by atoms with Crippen LogP contribution in [0.2, 0.25) is 0 Å². The van der Waals surface area contributed by atoms with Crippen LogP contribution in [0.3, 0.4) is 0 Å². The van der Waals surface area contributed by atoms with Gasteiger partial charge in [0.15, 0.2) is 0 Å². The third kappa shape index (κ3) is 6.60. The van der Waals surface area contributed by atoms with E-state index in [-0.39, 0.29) is 30.7 Å². The molecule has 138 valence electrons. The van der Waals surface area contributed by atoms with Crippen molar-refractivity contribution in [3.05, 3.63) is 35.9 Å². The van der Waals surface area contributed by atoms with Crippen molar-refractivity contribution >= 4 is 30.7 Å². The Balaban J connectivity index is 0.00000264. The quantitative estimate of drug-likeness (QED) is 0.796. The van der Waals surface area contributed by atoms with Crippen molar-refractivity contribution < 1.29 is 4.79 Å². The maximum absolute atomic E-state index is 12.6. The fourth-order valence-electron chi connectivity index (χ4n) is 3.24. The number of carbonyl (C=O) groups excluding carboxylic acids is 1. The Kier molecular flexibility index (Phi) is 11.3. The summed E-state index contributed by atoms with van der Waals surface area (Å²) in [4.78, 5) is 16.9. The lowest BCUT2D eigenvalue weighted by atomic mass is 10.1. The minimum atomic E-state index is 0. The highest BCUT2D eigenvalue weighted by Gasteiger charge is 2.29. The number of nitrogens with zero attached hydrogens (tertiary/aromatic N) is 2. The van der Waals surface area contributed by atoms with E-state index in [4.69, 9.17) is 5.73 Å². The summed E-state index contributed by atoms with van der Waals surface area (Å²) in [6.45, 7) is 6.86. The van der Waals surface area contributed by atoms with Crippen LogP contribution in [0.15, 0.2) is 30.3 Å². The van der Waals surface area contributed by atoms with Gasteiger partial charge in [-0.05, 0) is 38.7 Å². The van der Waals surface area contributed by atoms with Crippen molar-refractivity contribution in [1.29, 1.82) is 0 Å². The zero-order chi connectivity index (χ0) is 15.9. The second kappa shape index (κ2) is 11.7. The molecule has 0 spiro atoms. The second-order valence-corrected chi connectivity index (χ2v) is 6.35. The monoisotopic (exact) mass is 375 g/mol. The van der Waals surface area contributed by atoms with Gasteiger partial charge in [0.2, 0.25) is 5.91 Å². The van der Waals surface area contributed by atoms with Crippen LogP contribution in [-0.2, 0) is 11.2 Å². The molecule has 6 heteroatoms. The maximum atomic E-state index is 12.6. The lowest BCUT2D eigenvalue weighted by molar-refractivity contribution is -0.133. The number of halogens is 2. The van der Waals surface area contributed by atoms with E-state index < -0.39 is 0 Å². The normalized spacial score (nSPS) is 20.1. The molecule has 0 radical (unpaired) electrons. The first-order chi connectivity index (χ1) is 10.6. The second-order valence-electron chi connectivity index (χ2n) is 6.35. The van der Waals surface area contributed by atoms with Crippen LogP contribution in [0.25, 0.3) is 0 Å². The molecule has 0 saturated carbocycles. The molecule has 2 atom stereocenters. The number of hydrogen-bond acceptors (Lipinski definition) is 3. The maximum Gasteiger partial charge on any atom is 0.236 e. The fourth-order valence-corrected chi connectivity index (χ4v) is 3.24. The van der Waals surface area contributed by atoms with Gasteiger partial charge in [0.05, 0.1) is 6.54 Å². The van der Waals surface area contributed by atoms with Gasteiger partial charge >= 0.3 is 0 Å². The molecular weight excluding hydrogens is 345 g/mol. The largest absolute Gasteiger partial charge is 0.340 e. The Morgan fingerprint density at radius 2 is 1.71 bits per heavy atom. The number of nitrogens with two attached hydrogens (primary N) is 1. The zero-order valence-corrected chi connectivity index (χ0v) is 16.3.